The molecule has 0 aliphatic carbocycles. The summed E-state index contributed by atoms with van der Waals surface area (Å²) in [6, 6.07) is 5.92. The topological polar surface area (TPSA) is 53.2 Å². The molecule has 0 saturated heterocycles. The van der Waals surface area contributed by atoms with Crippen LogP contribution in [0.25, 0.3) is 0 Å². The van der Waals surface area contributed by atoms with Gasteiger partial charge >= 0.3 is 0 Å². The van der Waals surface area contributed by atoms with E-state index >= 15 is 0 Å². The van der Waals surface area contributed by atoms with Crippen LogP contribution in [0.5, 0.6) is 0 Å². The Bertz CT molecular complexity index is 590. The molecular weight excluding hydrogens is 389 g/mol. The molecule has 3 N–H and O–H groups in total. The second-order valence-electron chi connectivity index (χ2n) is 5.56. The van der Waals surface area contributed by atoms with E-state index in [0.717, 1.165) is 29.7 Å². The van der Waals surface area contributed by atoms with Gasteiger partial charge in [0.05, 0.1) is 0 Å². The summed E-state index contributed by atoms with van der Waals surface area (Å²) >= 11 is 23.1. The van der Waals surface area contributed by atoms with Crippen LogP contribution in [0.4, 0.5) is 5.69 Å². The molecule has 134 valence electrons. The van der Waals surface area contributed by atoms with Gasteiger partial charge in [0, 0.05) is 12.1 Å². The van der Waals surface area contributed by atoms with Gasteiger partial charge in [-0.1, -0.05) is 65.8 Å². The van der Waals surface area contributed by atoms with Crippen LogP contribution in [-0.4, -0.2) is 21.0 Å². The molecule has 24 heavy (non-hydrogen) atoms. The van der Waals surface area contributed by atoms with Gasteiger partial charge in [0.15, 0.2) is 5.11 Å². The zero-order valence-corrected chi connectivity index (χ0v) is 17.0. The number of benzene rings is 1. The van der Waals surface area contributed by atoms with Crippen LogP contribution in [0, 0.1) is 13.8 Å². The summed E-state index contributed by atoms with van der Waals surface area (Å²) in [5.74, 6) is -0.199. The Morgan fingerprint density at radius 2 is 1.92 bits per heavy atom. The summed E-state index contributed by atoms with van der Waals surface area (Å²) in [5, 5.41) is 8.81. The summed E-state index contributed by atoms with van der Waals surface area (Å²) in [6.07, 6.45) is 1.11. The third-order valence-corrected chi connectivity index (χ3v) is 4.17. The molecule has 0 aliphatic rings. The van der Waals surface area contributed by atoms with Crippen molar-refractivity contribution in [3.63, 3.8) is 0 Å². The molecule has 0 aromatic heterocycles. The number of carbonyl (C=O) groups excluding carboxylic acids is 1. The predicted molar refractivity (Wildman–Crippen MR) is 107 cm³/mol. The standard InChI is InChI=1S/C16H22Cl3N3OS/c1-4-5-6-13(23)21-14(16(17,18)19)22-15(24)20-12-8-7-10(2)9-11(12)3/h7-9,14H,4-6H2,1-3H3,(H,21,23)(H2,20,22,24). The molecule has 1 rings (SSSR count). The number of nitrogens with one attached hydrogen (secondary N) is 3. The highest BCUT2D eigenvalue weighted by atomic mass is 35.6. The van der Waals surface area contributed by atoms with Gasteiger partial charge in [0.2, 0.25) is 9.70 Å². The number of hydrogen-bond acceptors (Lipinski definition) is 2. The van der Waals surface area contributed by atoms with Gasteiger partial charge in [0.1, 0.15) is 6.17 Å². The van der Waals surface area contributed by atoms with Crippen LogP contribution in [-0.2, 0) is 4.79 Å². The van der Waals surface area contributed by atoms with Gasteiger partial charge in [-0.05, 0) is 44.1 Å². The lowest BCUT2D eigenvalue weighted by Gasteiger charge is -2.28. The Kier molecular flexibility index (Phi) is 8.57. The molecular formula is C16H22Cl3N3OS. The number of rotatable bonds is 6. The first-order valence-electron chi connectivity index (χ1n) is 7.64. The Balaban J connectivity index is 2.72. The lowest BCUT2D eigenvalue weighted by molar-refractivity contribution is -0.122. The minimum Gasteiger partial charge on any atom is -0.339 e. The molecule has 4 nitrogen and oxygen atoms in total. The van der Waals surface area contributed by atoms with E-state index in [0.29, 0.717) is 6.42 Å². The van der Waals surface area contributed by atoms with Crippen LogP contribution in [0.15, 0.2) is 18.2 Å². The lowest BCUT2D eigenvalue weighted by Crippen LogP contribution is -2.56. The first-order valence-corrected chi connectivity index (χ1v) is 9.18. The monoisotopic (exact) mass is 409 g/mol. The summed E-state index contributed by atoms with van der Waals surface area (Å²) in [5.41, 5.74) is 3.04. The molecule has 0 fully saturated rings. The number of carbonyl (C=O) groups is 1. The quantitative estimate of drug-likeness (QED) is 0.365. The van der Waals surface area contributed by atoms with Gasteiger partial charge in [-0.15, -0.1) is 0 Å². The summed E-state index contributed by atoms with van der Waals surface area (Å²) in [4.78, 5) is 11.9. The number of alkyl halides is 3. The number of aryl methyl sites for hydroxylation is 2. The fourth-order valence-corrected chi connectivity index (χ4v) is 2.57. The predicted octanol–water partition coefficient (Wildman–Crippen LogP) is 4.59. The second kappa shape index (κ2) is 9.66. The normalized spacial score (nSPS) is 12.4. The van der Waals surface area contributed by atoms with E-state index in [9.17, 15) is 4.79 Å². The van der Waals surface area contributed by atoms with Gasteiger partial charge in [0.25, 0.3) is 0 Å². The summed E-state index contributed by atoms with van der Waals surface area (Å²) < 4.78 is -1.74. The number of anilines is 1. The highest BCUT2D eigenvalue weighted by Crippen LogP contribution is 2.29. The number of hydrogen-bond donors (Lipinski definition) is 3. The third-order valence-electron chi connectivity index (χ3n) is 3.30. The van der Waals surface area contributed by atoms with E-state index < -0.39 is 9.96 Å². The highest BCUT2D eigenvalue weighted by molar-refractivity contribution is 7.80. The van der Waals surface area contributed by atoms with E-state index in [2.05, 4.69) is 16.0 Å². The van der Waals surface area contributed by atoms with E-state index in [1.165, 1.54) is 0 Å². The number of halogens is 3. The maximum Gasteiger partial charge on any atom is 0.228 e. The van der Waals surface area contributed by atoms with Crippen LogP contribution in [0.1, 0.15) is 37.3 Å². The fourth-order valence-electron chi connectivity index (χ4n) is 2.01. The van der Waals surface area contributed by atoms with Crippen LogP contribution >= 0.6 is 47.0 Å². The van der Waals surface area contributed by atoms with Gasteiger partial charge in [-0.3, -0.25) is 4.79 Å². The van der Waals surface area contributed by atoms with Crippen molar-refractivity contribution in [3.8, 4) is 0 Å². The van der Waals surface area contributed by atoms with Crippen molar-refractivity contribution in [1.29, 1.82) is 0 Å². The molecule has 0 radical (unpaired) electrons. The molecule has 8 heteroatoms. The number of unbranched alkanes of at least 4 members (excludes halogenated alkanes) is 1. The second-order valence-corrected chi connectivity index (χ2v) is 8.34. The minimum atomic E-state index is -1.74. The zero-order chi connectivity index (χ0) is 18.3. The number of amides is 1. The van der Waals surface area contributed by atoms with Gasteiger partial charge in [-0.2, -0.15) is 0 Å². The van der Waals surface area contributed by atoms with Crippen molar-refractivity contribution >= 4 is 63.7 Å². The Morgan fingerprint density at radius 3 is 2.46 bits per heavy atom. The first-order chi connectivity index (χ1) is 11.1. The molecule has 1 atom stereocenters. The average molecular weight is 411 g/mol. The molecule has 0 heterocycles. The smallest absolute Gasteiger partial charge is 0.228 e. The SMILES string of the molecule is CCCCC(=O)NC(NC(=S)Nc1ccc(C)cc1C)C(Cl)(Cl)Cl. The fraction of sp³-hybridized carbons (Fsp3) is 0.500. The Morgan fingerprint density at radius 1 is 1.25 bits per heavy atom. The molecule has 0 spiro atoms. The van der Waals surface area contributed by atoms with E-state index in [1.807, 2.05) is 39.0 Å². The highest BCUT2D eigenvalue weighted by Gasteiger charge is 2.34. The van der Waals surface area contributed by atoms with Crippen molar-refractivity contribution in [3.05, 3.63) is 29.3 Å². The summed E-state index contributed by atoms with van der Waals surface area (Å²) in [6.45, 7) is 5.98. The van der Waals surface area contributed by atoms with Gasteiger partial charge in [-0.25, -0.2) is 0 Å². The largest absolute Gasteiger partial charge is 0.339 e. The molecule has 0 saturated carbocycles. The minimum absolute atomic E-state index is 0.199. The third kappa shape index (κ3) is 7.43. The maximum absolute atomic E-state index is 11.9. The molecule has 0 bridgehead atoms. The van der Waals surface area contributed by atoms with E-state index in [1.54, 1.807) is 0 Å². The van der Waals surface area contributed by atoms with Crippen molar-refractivity contribution in [2.45, 2.75) is 50.0 Å². The van der Waals surface area contributed by atoms with Crippen LogP contribution in [0.3, 0.4) is 0 Å². The van der Waals surface area contributed by atoms with Crippen LogP contribution < -0.4 is 16.0 Å². The molecule has 1 amide bonds. The molecule has 1 aromatic carbocycles. The van der Waals surface area contributed by atoms with Crippen LogP contribution in [0.2, 0.25) is 0 Å². The maximum atomic E-state index is 11.9. The lowest BCUT2D eigenvalue weighted by atomic mass is 10.1. The molecule has 1 aromatic rings. The Hall–Kier alpha value is -0.750. The number of thiocarbonyl (C=S) groups is 1. The molecule has 0 aliphatic heterocycles. The average Bonchev–Trinajstić information content (AvgIpc) is 2.46. The van der Waals surface area contributed by atoms with E-state index in [-0.39, 0.29) is 11.0 Å². The molecule has 1 unspecified atom stereocenters. The van der Waals surface area contributed by atoms with Crippen molar-refractivity contribution < 1.29 is 4.79 Å². The first kappa shape index (κ1) is 21.3. The van der Waals surface area contributed by atoms with Crippen molar-refractivity contribution in [1.82, 2.24) is 10.6 Å². The van der Waals surface area contributed by atoms with Crippen molar-refractivity contribution in [2.75, 3.05) is 5.32 Å². The zero-order valence-electron chi connectivity index (χ0n) is 13.9. The van der Waals surface area contributed by atoms with E-state index in [4.69, 9.17) is 47.0 Å². The van der Waals surface area contributed by atoms with Crippen molar-refractivity contribution in [2.24, 2.45) is 0 Å². The Labute approximate surface area is 163 Å². The van der Waals surface area contributed by atoms with Gasteiger partial charge < -0.3 is 16.0 Å². The summed E-state index contributed by atoms with van der Waals surface area (Å²) in [7, 11) is 0.